The minimum Gasteiger partial charge on any atom is -0.508 e. The number of amidine groups is 1. The Balaban J connectivity index is 2.14. The molecule has 1 aliphatic rings. The second-order valence-electron chi connectivity index (χ2n) is 4.77. The lowest BCUT2D eigenvalue weighted by Crippen LogP contribution is -2.36. The summed E-state index contributed by atoms with van der Waals surface area (Å²) in [7, 11) is 0. The van der Waals surface area contributed by atoms with Gasteiger partial charge in [0.25, 0.3) is 5.91 Å². The van der Waals surface area contributed by atoms with Crippen molar-refractivity contribution in [2.75, 3.05) is 6.54 Å². The predicted molar refractivity (Wildman–Crippen MR) is 71.9 cm³/mol. The van der Waals surface area contributed by atoms with Crippen molar-refractivity contribution in [1.29, 1.82) is 0 Å². The third-order valence-electron chi connectivity index (χ3n) is 3.20. The Morgan fingerprint density at radius 1 is 1.40 bits per heavy atom. The van der Waals surface area contributed by atoms with Crippen LogP contribution in [0, 0.1) is 0 Å². The van der Waals surface area contributed by atoms with Gasteiger partial charge in [0.05, 0.1) is 5.56 Å². The SMILES string of the molecule is N/C(CCN(C(=O)c1ccc(O)cc1O)C1CC1)=N/O. The van der Waals surface area contributed by atoms with Crippen LogP contribution >= 0.6 is 0 Å². The van der Waals surface area contributed by atoms with Crippen LogP contribution in [0.25, 0.3) is 0 Å². The fourth-order valence-corrected chi connectivity index (χ4v) is 1.98. The van der Waals surface area contributed by atoms with Crippen molar-refractivity contribution in [2.45, 2.75) is 25.3 Å². The smallest absolute Gasteiger partial charge is 0.257 e. The average molecular weight is 279 g/mol. The average Bonchev–Trinajstić information content (AvgIpc) is 3.23. The number of carbonyl (C=O) groups is 1. The van der Waals surface area contributed by atoms with Crippen molar-refractivity contribution in [1.82, 2.24) is 4.90 Å². The highest BCUT2D eigenvalue weighted by Gasteiger charge is 2.33. The monoisotopic (exact) mass is 279 g/mol. The first kappa shape index (κ1) is 14.0. The number of amides is 1. The van der Waals surface area contributed by atoms with E-state index in [2.05, 4.69) is 5.16 Å². The highest BCUT2D eigenvalue weighted by molar-refractivity contribution is 5.97. The molecule has 1 aromatic carbocycles. The molecule has 2 rings (SSSR count). The Kier molecular flexibility index (Phi) is 3.97. The third-order valence-corrected chi connectivity index (χ3v) is 3.20. The molecule has 0 saturated heterocycles. The minimum absolute atomic E-state index is 0.0541. The number of nitrogens with two attached hydrogens (primary N) is 1. The lowest BCUT2D eigenvalue weighted by atomic mass is 10.1. The van der Waals surface area contributed by atoms with Gasteiger partial charge in [0, 0.05) is 25.1 Å². The van der Waals surface area contributed by atoms with Gasteiger partial charge in [-0.1, -0.05) is 5.16 Å². The van der Waals surface area contributed by atoms with Crippen molar-refractivity contribution in [3.05, 3.63) is 23.8 Å². The van der Waals surface area contributed by atoms with Crippen LogP contribution in [-0.4, -0.2) is 44.6 Å². The quantitative estimate of drug-likeness (QED) is 0.275. The summed E-state index contributed by atoms with van der Waals surface area (Å²) in [6.45, 7) is 0.319. The molecule has 0 aliphatic heterocycles. The lowest BCUT2D eigenvalue weighted by Gasteiger charge is -2.22. The van der Waals surface area contributed by atoms with E-state index in [0.717, 1.165) is 18.9 Å². The molecule has 1 aliphatic carbocycles. The molecule has 7 nitrogen and oxygen atoms in total. The Labute approximate surface area is 115 Å². The van der Waals surface area contributed by atoms with Crippen LogP contribution in [0.4, 0.5) is 0 Å². The Hall–Kier alpha value is -2.44. The van der Waals surface area contributed by atoms with Crippen molar-refractivity contribution in [2.24, 2.45) is 10.9 Å². The first-order valence-corrected chi connectivity index (χ1v) is 6.32. The van der Waals surface area contributed by atoms with Gasteiger partial charge < -0.3 is 26.1 Å². The van der Waals surface area contributed by atoms with E-state index in [1.165, 1.54) is 12.1 Å². The van der Waals surface area contributed by atoms with Crippen molar-refractivity contribution in [3.8, 4) is 11.5 Å². The summed E-state index contributed by atoms with van der Waals surface area (Å²) in [4.78, 5) is 14.0. The van der Waals surface area contributed by atoms with Crippen LogP contribution in [0.5, 0.6) is 11.5 Å². The van der Waals surface area contributed by atoms with Gasteiger partial charge >= 0.3 is 0 Å². The number of aromatic hydroxyl groups is 2. The maximum atomic E-state index is 12.4. The molecule has 0 atom stereocenters. The molecule has 0 unspecified atom stereocenters. The number of nitrogens with zero attached hydrogens (tertiary/aromatic N) is 2. The normalized spacial score (nSPS) is 15.1. The molecule has 0 aromatic heterocycles. The standard InChI is InChI=1S/C13H17N3O4/c14-12(15-20)5-6-16(8-1-2-8)13(19)10-4-3-9(17)7-11(10)18/h3-4,7-8,17-18,20H,1-2,5-6H2,(H2,14,15). The van der Waals surface area contributed by atoms with Crippen molar-refractivity contribution >= 4 is 11.7 Å². The summed E-state index contributed by atoms with van der Waals surface area (Å²) in [5.74, 6) is -0.632. The van der Waals surface area contributed by atoms with Crippen LogP contribution < -0.4 is 5.73 Å². The maximum Gasteiger partial charge on any atom is 0.257 e. The molecule has 108 valence electrons. The van der Waals surface area contributed by atoms with Crippen LogP contribution in [0.1, 0.15) is 29.6 Å². The van der Waals surface area contributed by atoms with E-state index in [1.54, 1.807) is 4.90 Å². The Bertz CT molecular complexity index is 540. The van der Waals surface area contributed by atoms with Gasteiger partial charge in [-0.3, -0.25) is 4.79 Å². The van der Waals surface area contributed by atoms with Crippen LogP contribution in [0.3, 0.4) is 0 Å². The molecule has 0 spiro atoms. The van der Waals surface area contributed by atoms with E-state index in [4.69, 9.17) is 10.9 Å². The molecular weight excluding hydrogens is 262 g/mol. The zero-order chi connectivity index (χ0) is 14.7. The summed E-state index contributed by atoms with van der Waals surface area (Å²) in [6, 6.07) is 3.98. The van der Waals surface area contributed by atoms with E-state index in [1.807, 2.05) is 0 Å². The summed E-state index contributed by atoms with van der Waals surface area (Å²) >= 11 is 0. The fourth-order valence-electron chi connectivity index (χ4n) is 1.98. The van der Waals surface area contributed by atoms with E-state index in [9.17, 15) is 15.0 Å². The van der Waals surface area contributed by atoms with E-state index in [0.29, 0.717) is 6.54 Å². The fraction of sp³-hybridized carbons (Fsp3) is 0.385. The predicted octanol–water partition coefficient (Wildman–Crippen LogP) is 0.839. The number of rotatable bonds is 5. The second kappa shape index (κ2) is 5.68. The maximum absolute atomic E-state index is 12.4. The van der Waals surface area contributed by atoms with Gasteiger partial charge in [-0.05, 0) is 25.0 Å². The molecule has 0 bridgehead atoms. The van der Waals surface area contributed by atoms with Gasteiger partial charge in [-0.15, -0.1) is 0 Å². The number of hydrogen-bond donors (Lipinski definition) is 4. The second-order valence-corrected chi connectivity index (χ2v) is 4.77. The largest absolute Gasteiger partial charge is 0.508 e. The highest BCUT2D eigenvalue weighted by Crippen LogP contribution is 2.31. The topological polar surface area (TPSA) is 119 Å². The number of oxime groups is 1. The Morgan fingerprint density at radius 3 is 2.65 bits per heavy atom. The van der Waals surface area contributed by atoms with E-state index in [-0.39, 0.29) is 41.3 Å². The van der Waals surface area contributed by atoms with Crippen molar-refractivity contribution in [3.63, 3.8) is 0 Å². The molecule has 1 saturated carbocycles. The zero-order valence-corrected chi connectivity index (χ0v) is 10.9. The molecule has 7 heteroatoms. The summed E-state index contributed by atoms with van der Waals surface area (Å²) < 4.78 is 0. The van der Waals surface area contributed by atoms with Crippen LogP contribution in [0.15, 0.2) is 23.4 Å². The summed E-state index contributed by atoms with van der Waals surface area (Å²) in [5.41, 5.74) is 5.54. The van der Waals surface area contributed by atoms with Gasteiger partial charge in [0.2, 0.25) is 0 Å². The number of hydrogen-bond acceptors (Lipinski definition) is 5. The van der Waals surface area contributed by atoms with Gasteiger partial charge in [0.15, 0.2) is 0 Å². The molecule has 1 fully saturated rings. The number of benzene rings is 1. The zero-order valence-electron chi connectivity index (χ0n) is 10.9. The summed E-state index contributed by atoms with van der Waals surface area (Å²) in [6.07, 6.45) is 2.07. The number of phenolic OH excluding ortho intramolecular Hbond substituents is 2. The molecule has 0 heterocycles. The van der Waals surface area contributed by atoms with E-state index < -0.39 is 0 Å². The van der Waals surface area contributed by atoms with E-state index >= 15 is 0 Å². The highest BCUT2D eigenvalue weighted by atomic mass is 16.4. The first-order valence-electron chi connectivity index (χ1n) is 6.32. The van der Waals surface area contributed by atoms with Crippen LogP contribution in [-0.2, 0) is 0 Å². The Morgan fingerprint density at radius 2 is 2.10 bits per heavy atom. The molecular formula is C13H17N3O4. The van der Waals surface area contributed by atoms with Gasteiger partial charge in [-0.2, -0.15) is 0 Å². The third kappa shape index (κ3) is 3.11. The molecule has 20 heavy (non-hydrogen) atoms. The molecule has 5 N–H and O–H groups in total. The van der Waals surface area contributed by atoms with Crippen LogP contribution in [0.2, 0.25) is 0 Å². The molecule has 1 amide bonds. The van der Waals surface area contributed by atoms with Gasteiger partial charge in [-0.25, -0.2) is 0 Å². The first-order chi connectivity index (χ1) is 9.52. The lowest BCUT2D eigenvalue weighted by molar-refractivity contribution is 0.0744. The minimum atomic E-state index is -0.323. The molecule has 1 aromatic rings. The molecule has 0 radical (unpaired) electrons. The summed E-state index contributed by atoms with van der Waals surface area (Å²) in [5, 5.41) is 30.4. The van der Waals surface area contributed by atoms with Crippen molar-refractivity contribution < 1.29 is 20.2 Å². The number of carbonyl (C=O) groups excluding carboxylic acids is 1. The van der Waals surface area contributed by atoms with Gasteiger partial charge in [0.1, 0.15) is 17.3 Å². The number of phenols is 2.